The summed E-state index contributed by atoms with van der Waals surface area (Å²) in [5, 5.41) is 0.692. The molecular weight excluding hydrogens is 480 g/mol. The molecule has 0 spiro atoms. The molecule has 0 atom stereocenters. The summed E-state index contributed by atoms with van der Waals surface area (Å²) in [7, 11) is 1.79. The Labute approximate surface area is 224 Å². The fourth-order valence-electron chi connectivity index (χ4n) is 5.57. The van der Waals surface area contributed by atoms with Crippen molar-refractivity contribution in [2.75, 3.05) is 43.2 Å². The van der Waals surface area contributed by atoms with E-state index in [4.69, 9.17) is 9.73 Å². The van der Waals surface area contributed by atoms with E-state index in [0.717, 1.165) is 37.6 Å². The molecule has 1 amide bonds. The van der Waals surface area contributed by atoms with E-state index < -0.39 is 0 Å². The number of nitrogens with zero attached hydrogens (tertiary/aromatic N) is 4. The van der Waals surface area contributed by atoms with E-state index in [1.165, 1.54) is 34.3 Å². The molecule has 0 bridgehead atoms. The number of morpholine rings is 1. The number of fused-ring (bicyclic) bond motifs is 1. The van der Waals surface area contributed by atoms with Crippen LogP contribution in [0.2, 0.25) is 0 Å². The number of anilines is 2. The van der Waals surface area contributed by atoms with E-state index in [9.17, 15) is 4.79 Å². The zero-order valence-electron chi connectivity index (χ0n) is 22.6. The maximum Gasteiger partial charge on any atom is 0.266 e. The Morgan fingerprint density at radius 1 is 1.08 bits per heavy atom. The van der Waals surface area contributed by atoms with Crippen LogP contribution in [-0.4, -0.2) is 60.9 Å². The number of allylic oxidation sites excluding steroid dienone is 1. The van der Waals surface area contributed by atoms with Crippen molar-refractivity contribution in [3.05, 3.63) is 64.6 Å². The standard InChI is InChI=1S/C30H36N4O2S/c1-20(2)34-26-12-7-22(17-25(26)21(3)19-30(34,4)5)18-27-28(35)32(6)29(37-27)31-23-8-10-24(11-9-23)33-13-15-36-16-14-33/h7-12,17-20H,13-16H2,1-6H3/b27-18-,31-29?. The molecule has 3 aliphatic heterocycles. The van der Waals surface area contributed by atoms with Crippen molar-refractivity contribution in [3.63, 3.8) is 0 Å². The number of amides is 1. The van der Waals surface area contributed by atoms with Gasteiger partial charge in [0.25, 0.3) is 5.91 Å². The summed E-state index contributed by atoms with van der Waals surface area (Å²) in [6.07, 6.45) is 4.32. The van der Waals surface area contributed by atoms with E-state index in [1.807, 2.05) is 18.2 Å². The number of hydrogen-bond donors (Lipinski definition) is 0. The SMILES string of the molecule is CC1=CC(C)(C)N(C(C)C)c2ccc(/C=C3\SC(=Nc4ccc(N5CCOCC5)cc4)N(C)C3=O)cc21. The fourth-order valence-corrected chi connectivity index (χ4v) is 6.56. The van der Waals surface area contributed by atoms with Crippen molar-refractivity contribution in [1.29, 1.82) is 0 Å². The van der Waals surface area contributed by atoms with Gasteiger partial charge in [-0.05, 0) is 100.0 Å². The van der Waals surface area contributed by atoms with Crippen LogP contribution in [-0.2, 0) is 9.53 Å². The maximum atomic E-state index is 13.1. The minimum absolute atomic E-state index is 0.0244. The number of thioether (sulfide) groups is 1. The van der Waals surface area contributed by atoms with E-state index >= 15 is 0 Å². The van der Waals surface area contributed by atoms with Crippen LogP contribution >= 0.6 is 11.8 Å². The number of hydrogen-bond acceptors (Lipinski definition) is 6. The molecule has 2 fully saturated rings. The molecule has 6 nitrogen and oxygen atoms in total. The molecule has 0 N–H and O–H groups in total. The van der Waals surface area contributed by atoms with Gasteiger partial charge in [0.05, 0.1) is 29.3 Å². The number of amidine groups is 1. The quantitative estimate of drug-likeness (QED) is 0.455. The largest absolute Gasteiger partial charge is 0.378 e. The molecule has 3 aliphatic rings. The number of likely N-dealkylation sites (N-methyl/N-ethyl adjacent to an activating group) is 1. The van der Waals surface area contributed by atoms with Gasteiger partial charge in [0.2, 0.25) is 0 Å². The predicted molar refractivity (Wildman–Crippen MR) is 157 cm³/mol. The van der Waals surface area contributed by atoms with Gasteiger partial charge in [-0.3, -0.25) is 9.69 Å². The molecule has 2 aromatic rings. The molecule has 7 heteroatoms. The third kappa shape index (κ3) is 5.07. The Kier molecular flexibility index (Phi) is 6.94. The van der Waals surface area contributed by atoms with Crippen LogP contribution in [0.4, 0.5) is 17.1 Å². The highest BCUT2D eigenvalue weighted by Gasteiger charge is 2.34. The molecule has 0 saturated carbocycles. The second kappa shape index (κ2) is 10.0. The highest BCUT2D eigenvalue weighted by Crippen LogP contribution is 2.41. The van der Waals surface area contributed by atoms with Crippen LogP contribution in [0.3, 0.4) is 0 Å². The van der Waals surface area contributed by atoms with Crippen LogP contribution in [0.5, 0.6) is 0 Å². The molecule has 37 heavy (non-hydrogen) atoms. The smallest absolute Gasteiger partial charge is 0.266 e. The normalized spacial score (nSPS) is 21.8. The third-order valence-electron chi connectivity index (χ3n) is 7.16. The number of rotatable bonds is 4. The van der Waals surface area contributed by atoms with E-state index in [-0.39, 0.29) is 11.4 Å². The highest BCUT2D eigenvalue weighted by molar-refractivity contribution is 8.18. The number of carbonyl (C=O) groups excluding carboxylic acids is 1. The summed E-state index contributed by atoms with van der Waals surface area (Å²) < 4.78 is 5.45. The average molecular weight is 517 g/mol. The lowest BCUT2D eigenvalue weighted by molar-refractivity contribution is -0.121. The van der Waals surface area contributed by atoms with E-state index in [2.05, 4.69) is 80.8 Å². The lowest BCUT2D eigenvalue weighted by Crippen LogP contribution is -2.49. The Bertz CT molecular complexity index is 1290. The first kappa shape index (κ1) is 25.6. The number of carbonyl (C=O) groups is 1. The van der Waals surface area contributed by atoms with Crippen molar-refractivity contribution in [3.8, 4) is 0 Å². The summed E-state index contributed by atoms with van der Waals surface area (Å²) in [6, 6.07) is 15.1. The molecule has 3 heterocycles. The van der Waals surface area contributed by atoms with Crippen molar-refractivity contribution >= 4 is 51.5 Å². The molecule has 0 aliphatic carbocycles. The molecule has 194 valence electrons. The van der Waals surface area contributed by atoms with Crippen molar-refractivity contribution in [2.24, 2.45) is 4.99 Å². The van der Waals surface area contributed by atoms with Gasteiger partial charge in [-0.15, -0.1) is 0 Å². The van der Waals surface area contributed by atoms with Gasteiger partial charge in [-0.1, -0.05) is 12.1 Å². The lowest BCUT2D eigenvalue weighted by atomic mass is 9.87. The average Bonchev–Trinajstić information content (AvgIpc) is 3.12. The molecule has 0 aromatic heterocycles. The molecule has 0 radical (unpaired) electrons. The Morgan fingerprint density at radius 3 is 2.46 bits per heavy atom. The molecule has 5 rings (SSSR count). The second-order valence-corrected chi connectivity index (χ2v) is 11.7. The molecular formula is C30H36N4O2S. The Morgan fingerprint density at radius 2 is 1.78 bits per heavy atom. The van der Waals surface area contributed by atoms with Crippen molar-refractivity contribution in [2.45, 2.75) is 46.2 Å². The fraction of sp³-hybridized carbons (Fsp3) is 0.400. The first-order valence-corrected chi connectivity index (χ1v) is 13.8. The first-order valence-electron chi connectivity index (χ1n) is 13.0. The zero-order chi connectivity index (χ0) is 26.3. The van der Waals surface area contributed by atoms with Gasteiger partial charge in [0.1, 0.15) is 0 Å². The van der Waals surface area contributed by atoms with Gasteiger partial charge in [0.15, 0.2) is 5.17 Å². The first-order chi connectivity index (χ1) is 17.6. The molecule has 0 unspecified atom stereocenters. The van der Waals surface area contributed by atoms with Crippen molar-refractivity contribution < 1.29 is 9.53 Å². The summed E-state index contributed by atoms with van der Waals surface area (Å²) in [6.45, 7) is 14.5. The van der Waals surface area contributed by atoms with Gasteiger partial charge < -0.3 is 14.5 Å². The monoisotopic (exact) mass is 516 g/mol. The van der Waals surface area contributed by atoms with Crippen LogP contribution < -0.4 is 9.80 Å². The maximum absolute atomic E-state index is 13.1. The number of ether oxygens (including phenoxy) is 1. The van der Waals surface area contributed by atoms with Crippen LogP contribution in [0, 0.1) is 0 Å². The van der Waals surface area contributed by atoms with E-state index in [1.54, 1.807) is 11.9 Å². The van der Waals surface area contributed by atoms with Crippen LogP contribution in [0.25, 0.3) is 11.6 Å². The topological polar surface area (TPSA) is 48.4 Å². The Hall–Kier alpha value is -3.03. The number of benzene rings is 2. The van der Waals surface area contributed by atoms with E-state index in [0.29, 0.717) is 16.1 Å². The van der Waals surface area contributed by atoms with Gasteiger partial charge in [0, 0.05) is 43.1 Å². The van der Waals surface area contributed by atoms with Crippen LogP contribution in [0.1, 0.15) is 45.7 Å². The van der Waals surface area contributed by atoms with Gasteiger partial charge in [-0.25, -0.2) is 4.99 Å². The molecule has 2 saturated heterocycles. The third-order valence-corrected chi connectivity index (χ3v) is 8.22. The predicted octanol–water partition coefficient (Wildman–Crippen LogP) is 6.17. The summed E-state index contributed by atoms with van der Waals surface area (Å²) in [4.78, 5) is 25.0. The lowest BCUT2D eigenvalue weighted by Gasteiger charge is -2.46. The summed E-state index contributed by atoms with van der Waals surface area (Å²) >= 11 is 1.43. The van der Waals surface area contributed by atoms with Crippen molar-refractivity contribution in [1.82, 2.24) is 4.90 Å². The van der Waals surface area contributed by atoms with Gasteiger partial charge in [-0.2, -0.15) is 0 Å². The number of aliphatic imine (C=N–C) groups is 1. The molecule has 2 aromatic carbocycles. The highest BCUT2D eigenvalue weighted by atomic mass is 32.2. The minimum Gasteiger partial charge on any atom is -0.378 e. The summed E-state index contributed by atoms with van der Waals surface area (Å²) in [5.74, 6) is -0.0244. The van der Waals surface area contributed by atoms with Gasteiger partial charge >= 0.3 is 0 Å². The minimum atomic E-state index is -0.0447. The summed E-state index contributed by atoms with van der Waals surface area (Å²) in [5.41, 5.74) is 6.72. The Balaban J connectivity index is 1.38. The van der Waals surface area contributed by atoms with Crippen LogP contribution in [0.15, 0.2) is 58.4 Å². The zero-order valence-corrected chi connectivity index (χ0v) is 23.4. The second-order valence-electron chi connectivity index (χ2n) is 10.7.